The van der Waals surface area contributed by atoms with Crippen LogP contribution in [0.4, 0.5) is 0 Å². The smallest absolute Gasteiger partial charge is 0.222 e. The third-order valence-electron chi connectivity index (χ3n) is 6.01. The van der Waals surface area contributed by atoms with Gasteiger partial charge < -0.3 is 10.2 Å². The molecule has 1 aromatic heterocycles. The largest absolute Gasteiger partial charge is 0.350 e. The number of nitrogens with zero attached hydrogens (tertiary/aromatic N) is 2. The molecule has 5 nitrogen and oxygen atoms in total. The molecule has 1 aliphatic heterocycles. The Morgan fingerprint density at radius 3 is 2.70 bits per heavy atom. The highest BCUT2D eigenvalue weighted by Crippen LogP contribution is 2.30. The van der Waals surface area contributed by atoms with E-state index in [-0.39, 0.29) is 17.4 Å². The number of hydrogen-bond donors (Lipinski definition) is 1. The highest BCUT2D eigenvalue weighted by atomic mass is 16.2. The summed E-state index contributed by atoms with van der Waals surface area (Å²) in [6.45, 7) is 0.542. The topological polar surface area (TPSA) is 62.3 Å². The Hall–Kier alpha value is -3.21. The lowest BCUT2D eigenvalue weighted by molar-refractivity contribution is -0.131. The van der Waals surface area contributed by atoms with E-state index in [9.17, 15) is 9.59 Å². The molecule has 2 amide bonds. The number of rotatable bonds is 7. The van der Waals surface area contributed by atoms with Crippen LogP contribution in [-0.2, 0) is 22.6 Å². The second-order valence-electron chi connectivity index (χ2n) is 8.23. The lowest BCUT2D eigenvalue weighted by Crippen LogP contribution is -2.44. The van der Waals surface area contributed by atoms with Crippen molar-refractivity contribution in [3.05, 3.63) is 78.0 Å². The Morgan fingerprint density at radius 1 is 1.10 bits per heavy atom. The van der Waals surface area contributed by atoms with Crippen molar-refractivity contribution >= 4 is 22.7 Å². The van der Waals surface area contributed by atoms with Crippen molar-refractivity contribution in [3.63, 3.8) is 0 Å². The molecule has 1 N–H and O–H groups in total. The summed E-state index contributed by atoms with van der Waals surface area (Å²) < 4.78 is 0. The van der Waals surface area contributed by atoms with Gasteiger partial charge in [-0.15, -0.1) is 0 Å². The first-order valence-electron chi connectivity index (χ1n) is 10.5. The summed E-state index contributed by atoms with van der Waals surface area (Å²) in [6.07, 6.45) is 4.89. The zero-order chi connectivity index (χ0) is 21.0. The Balaban J connectivity index is 1.42. The lowest BCUT2D eigenvalue weighted by atomic mass is 9.85. The molecule has 3 aromatic rings. The predicted molar refractivity (Wildman–Crippen MR) is 118 cm³/mol. The fourth-order valence-electron chi connectivity index (χ4n) is 4.35. The summed E-state index contributed by atoms with van der Waals surface area (Å²) in [6, 6.07) is 20.1. The van der Waals surface area contributed by atoms with Crippen LogP contribution >= 0.6 is 0 Å². The molecule has 154 valence electrons. The van der Waals surface area contributed by atoms with E-state index in [1.165, 1.54) is 5.56 Å². The Morgan fingerprint density at radius 2 is 1.93 bits per heavy atom. The van der Waals surface area contributed by atoms with Gasteiger partial charge in [-0.25, -0.2) is 0 Å². The molecule has 0 saturated carbocycles. The van der Waals surface area contributed by atoms with E-state index in [0.29, 0.717) is 25.8 Å². The summed E-state index contributed by atoms with van der Waals surface area (Å²) in [5.41, 5.74) is 2.87. The zero-order valence-electron chi connectivity index (χ0n) is 17.3. The molecule has 1 atom stereocenters. The van der Waals surface area contributed by atoms with Crippen molar-refractivity contribution in [2.24, 2.45) is 0 Å². The molecule has 4 rings (SSSR count). The van der Waals surface area contributed by atoms with Gasteiger partial charge >= 0.3 is 0 Å². The number of amides is 2. The van der Waals surface area contributed by atoms with Crippen LogP contribution in [0.5, 0.6) is 0 Å². The molecular formula is C25H27N3O2. The normalized spacial score (nSPS) is 18.4. The first-order chi connectivity index (χ1) is 14.5. The van der Waals surface area contributed by atoms with Crippen molar-refractivity contribution in [1.29, 1.82) is 0 Å². The molecule has 1 saturated heterocycles. The minimum absolute atomic E-state index is 0.0787. The van der Waals surface area contributed by atoms with Crippen LogP contribution in [0.25, 0.3) is 10.9 Å². The van der Waals surface area contributed by atoms with Crippen LogP contribution in [0.2, 0.25) is 0 Å². The number of hydrogen-bond acceptors (Lipinski definition) is 3. The molecule has 0 unspecified atom stereocenters. The van der Waals surface area contributed by atoms with E-state index in [1.54, 1.807) is 11.1 Å². The maximum absolute atomic E-state index is 12.9. The molecule has 2 aromatic carbocycles. The summed E-state index contributed by atoms with van der Waals surface area (Å²) in [5.74, 6) is 0.166. The number of fused-ring (bicyclic) bond motifs is 1. The highest BCUT2D eigenvalue weighted by Gasteiger charge is 2.38. The van der Waals surface area contributed by atoms with Gasteiger partial charge in [-0.2, -0.15) is 0 Å². The van der Waals surface area contributed by atoms with Crippen molar-refractivity contribution < 1.29 is 9.59 Å². The van der Waals surface area contributed by atoms with Gasteiger partial charge in [0.25, 0.3) is 0 Å². The molecule has 0 spiro atoms. The first kappa shape index (κ1) is 20.1. The predicted octanol–water partition coefficient (Wildman–Crippen LogP) is 3.86. The van der Waals surface area contributed by atoms with Gasteiger partial charge in [0.1, 0.15) is 0 Å². The van der Waals surface area contributed by atoms with Crippen molar-refractivity contribution in [2.45, 2.75) is 44.2 Å². The molecule has 1 aliphatic rings. The first-order valence-corrected chi connectivity index (χ1v) is 10.5. The van der Waals surface area contributed by atoms with Gasteiger partial charge in [0, 0.05) is 43.6 Å². The third kappa shape index (κ3) is 4.51. The number of pyridine rings is 1. The van der Waals surface area contributed by atoms with E-state index < -0.39 is 0 Å². The van der Waals surface area contributed by atoms with Crippen LogP contribution in [0.15, 0.2) is 66.9 Å². The van der Waals surface area contributed by atoms with E-state index in [2.05, 4.69) is 22.4 Å². The van der Waals surface area contributed by atoms with Gasteiger partial charge in [0.15, 0.2) is 0 Å². The monoisotopic (exact) mass is 401 g/mol. The average Bonchev–Trinajstić information content (AvgIpc) is 3.13. The Kier molecular flexibility index (Phi) is 5.79. The minimum Gasteiger partial charge on any atom is -0.350 e. The zero-order valence-corrected chi connectivity index (χ0v) is 17.3. The van der Waals surface area contributed by atoms with Gasteiger partial charge in [-0.05, 0) is 42.5 Å². The maximum atomic E-state index is 12.9. The number of benzene rings is 2. The van der Waals surface area contributed by atoms with Crippen molar-refractivity contribution in [3.8, 4) is 0 Å². The van der Waals surface area contributed by atoms with E-state index in [0.717, 1.165) is 29.3 Å². The molecule has 30 heavy (non-hydrogen) atoms. The highest BCUT2D eigenvalue weighted by molar-refractivity contribution is 5.83. The molecular weight excluding hydrogens is 374 g/mol. The molecule has 0 bridgehead atoms. The van der Waals surface area contributed by atoms with E-state index in [4.69, 9.17) is 0 Å². The second kappa shape index (κ2) is 8.66. The fraction of sp³-hybridized carbons (Fsp3) is 0.320. The Labute approximate surface area is 177 Å². The third-order valence-corrected chi connectivity index (χ3v) is 6.01. The SMILES string of the molecule is CN(Cc1cccc2ncccc12)C(=O)CC[C@@]1(Cc2ccccc2)CCC(=O)N1. The summed E-state index contributed by atoms with van der Waals surface area (Å²) in [7, 11) is 1.84. The molecule has 2 heterocycles. The maximum Gasteiger partial charge on any atom is 0.222 e. The molecule has 0 radical (unpaired) electrons. The summed E-state index contributed by atoms with van der Waals surface area (Å²) in [4.78, 5) is 31.1. The van der Waals surface area contributed by atoms with Gasteiger partial charge in [0.2, 0.25) is 11.8 Å². The summed E-state index contributed by atoms with van der Waals surface area (Å²) >= 11 is 0. The minimum atomic E-state index is -0.335. The molecule has 1 fully saturated rings. The summed E-state index contributed by atoms with van der Waals surface area (Å²) in [5, 5.41) is 4.24. The molecule has 5 heteroatoms. The quantitative estimate of drug-likeness (QED) is 0.654. The number of carbonyl (C=O) groups excluding carboxylic acids is 2. The van der Waals surface area contributed by atoms with Gasteiger partial charge in [-0.3, -0.25) is 14.6 Å². The van der Waals surface area contributed by atoms with Crippen molar-refractivity contribution in [1.82, 2.24) is 15.2 Å². The van der Waals surface area contributed by atoms with E-state index in [1.807, 2.05) is 55.6 Å². The second-order valence-corrected chi connectivity index (χ2v) is 8.23. The average molecular weight is 402 g/mol. The molecule has 0 aliphatic carbocycles. The standard InChI is InChI=1S/C25H27N3O2/c1-28(18-20-9-5-11-22-21(20)10-6-16-26-22)24(30)13-15-25(14-12-23(29)27-25)17-19-7-3-2-4-8-19/h2-11,16H,12-15,17-18H2,1H3,(H,27,29)/t25-/m1/s1. The number of aromatic nitrogens is 1. The van der Waals surface area contributed by atoms with Crippen LogP contribution in [0, 0.1) is 0 Å². The number of nitrogens with one attached hydrogen (secondary N) is 1. The van der Waals surface area contributed by atoms with Gasteiger partial charge in [0.05, 0.1) is 5.52 Å². The lowest BCUT2D eigenvalue weighted by Gasteiger charge is -2.30. The van der Waals surface area contributed by atoms with Crippen molar-refractivity contribution in [2.75, 3.05) is 7.05 Å². The van der Waals surface area contributed by atoms with E-state index >= 15 is 0 Å². The Bertz CT molecular complexity index is 1050. The van der Waals surface area contributed by atoms with Crippen LogP contribution in [-0.4, -0.2) is 34.3 Å². The van der Waals surface area contributed by atoms with Gasteiger partial charge in [-0.1, -0.05) is 48.5 Å². The fourth-order valence-corrected chi connectivity index (χ4v) is 4.35. The number of carbonyl (C=O) groups is 2. The van der Waals surface area contributed by atoms with Crippen LogP contribution < -0.4 is 5.32 Å². The van der Waals surface area contributed by atoms with Crippen LogP contribution in [0.3, 0.4) is 0 Å². The van der Waals surface area contributed by atoms with Crippen LogP contribution in [0.1, 0.15) is 36.8 Å².